The quantitative estimate of drug-likeness (QED) is 0.461. The maximum Gasteiger partial charge on any atom is 0.422 e. The number of alkyl halides is 6. The predicted octanol–water partition coefficient (Wildman–Crippen LogP) is 3.18. The predicted molar refractivity (Wildman–Crippen MR) is 37.1 cm³/mol. The molecule has 8 heteroatoms. The minimum absolute atomic E-state index is 1.39. The Morgan fingerprint density at radius 1 is 0.750 bits per heavy atom. The van der Waals surface area contributed by atoms with Crippen LogP contribution in [-0.2, 0) is 0 Å². The van der Waals surface area contributed by atoms with Gasteiger partial charge in [-0.1, -0.05) is 0 Å². The number of halogens is 6. The molecule has 0 aliphatic rings. The SMILES string of the molecule is FC(F)(F)C(=C(S)S)C(F)(F)F. The lowest BCUT2D eigenvalue weighted by Crippen LogP contribution is -2.26. The van der Waals surface area contributed by atoms with E-state index in [2.05, 4.69) is 25.3 Å². The van der Waals surface area contributed by atoms with Gasteiger partial charge in [-0.05, 0) is 0 Å². The summed E-state index contributed by atoms with van der Waals surface area (Å²) in [5.41, 5.74) is -2.69. The van der Waals surface area contributed by atoms with Gasteiger partial charge in [-0.2, -0.15) is 26.3 Å². The van der Waals surface area contributed by atoms with Gasteiger partial charge in [-0.3, -0.25) is 0 Å². The van der Waals surface area contributed by atoms with E-state index in [9.17, 15) is 26.3 Å². The average Bonchev–Trinajstić information content (AvgIpc) is 1.49. The van der Waals surface area contributed by atoms with E-state index in [1.165, 1.54) is 0 Å². The molecule has 0 heterocycles. The van der Waals surface area contributed by atoms with Gasteiger partial charge in [0, 0.05) is 0 Å². The van der Waals surface area contributed by atoms with E-state index in [-0.39, 0.29) is 0 Å². The van der Waals surface area contributed by atoms with Crippen molar-refractivity contribution < 1.29 is 26.3 Å². The molecule has 0 amide bonds. The lowest BCUT2D eigenvalue weighted by Gasteiger charge is -2.15. The van der Waals surface area contributed by atoms with Crippen molar-refractivity contribution in [2.24, 2.45) is 0 Å². The highest BCUT2D eigenvalue weighted by molar-refractivity contribution is 8.05. The van der Waals surface area contributed by atoms with Gasteiger partial charge in [0.15, 0.2) is 5.57 Å². The van der Waals surface area contributed by atoms with Crippen molar-refractivity contribution in [3.05, 3.63) is 9.81 Å². The molecule has 0 aromatic heterocycles. The largest absolute Gasteiger partial charge is 0.422 e. The van der Waals surface area contributed by atoms with E-state index < -0.39 is 22.2 Å². The molecular formula is C4H2F6S2. The molecule has 0 aliphatic carbocycles. The zero-order valence-electron chi connectivity index (χ0n) is 5.16. The van der Waals surface area contributed by atoms with Crippen LogP contribution < -0.4 is 0 Å². The number of hydrogen-bond acceptors (Lipinski definition) is 2. The van der Waals surface area contributed by atoms with Crippen molar-refractivity contribution in [3.63, 3.8) is 0 Å². The van der Waals surface area contributed by atoms with Crippen molar-refractivity contribution in [2.75, 3.05) is 0 Å². The summed E-state index contributed by atoms with van der Waals surface area (Å²) in [6.45, 7) is 0. The molecule has 0 nitrogen and oxygen atoms in total. The second-order valence-corrected chi connectivity index (χ2v) is 2.94. The number of rotatable bonds is 0. The van der Waals surface area contributed by atoms with E-state index in [0.29, 0.717) is 0 Å². The van der Waals surface area contributed by atoms with Gasteiger partial charge in [0.25, 0.3) is 0 Å². The summed E-state index contributed by atoms with van der Waals surface area (Å²) in [4.78, 5) is 0. The lowest BCUT2D eigenvalue weighted by atomic mass is 10.3. The molecule has 0 atom stereocenters. The highest BCUT2D eigenvalue weighted by Crippen LogP contribution is 2.42. The van der Waals surface area contributed by atoms with E-state index in [4.69, 9.17) is 0 Å². The Morgan fingerprint density at radius 3 is 1.00 bits per heavy atom. The van der Waals surface area contributed by atoms with Crippen molar-refractivity contribution in [3.8, 4) is 0 Å². The summed E-state index contributed by atoms with van der Waals surface area (Å²) in [5.74, 6) is 0. The van der Waals surface area contributed by atoms with Gasteiger partial charge in [0.1, 0.15) is 0 Å². The van der Waals surface area contributed by atoms with Crippen LogP contribution in [0.3, 0.4) is 0 Å². The Hall–Kier alpha value is 0.0200. The van der Waals surface area contributed by atoms with Crippen LogP contribution in [-0.4, -0.2) is 12.4 Å². The lowest BCUT2D eigenvalue weighted by molar-refractivity contribution is -0.171. The van der Waals surface area contributed by atoms with Crippen LogP contribution in [0.4, 0.5) is 26.3 Å². The minimum atomic E-state index is -5.48. The molecule has 0 saturated heterocycles. The minimum Gasteiger partial charge on any atom is -0.166 e. The smallest absolute Gasteiger partial charge is 0.166 e. The molecule has 0 aliphatic heterocycles. The Bertz CT molecular complexity index is 179. The molecule has 0 aromatic carbocycles. The molecule has 0 bridgehead atoms. The second kappa shape index (κ2) is 3.41. The van der Waals surface area contributed by atoms with Crippen LogP contribution in [0.1, 0.15) is 0 Å². The Labute approximate surface area is 74.4 Å². The van der Waals surface area contributed by atoms with Gasteiger partial charge in [-0.25, -0.2) is 0 Å². The molecule has 0 radical (unpaired) electrons. The van der Waals surface area contributed by atoms with Crippen LogP contribution in [0.2, 0.25) is 0 Å². The first kappa shape index (κ1) is 12.0. The average molecular weight is 228 g/mol. The maximum atomic E-state index is 11.6. The molecule has 0 saturated carbocycles. The van der Waals surface area contributed by atoms with Gasteiger partial charge >= 0.3 is 12.4 Å². The molecule has 0 rings (SSSR count). The summed E-state index contributed by atoms with van der Waals surface area (Å²) in [5, 5.41) is 0. The molecule has 0 unspecified atom stereocenters. The molecule has 0 N–H and O–H groups in total. The molecule has 12 heavy (non-hydrogen) atoms. The van der Waals surface area contributed by atoms with Crippen LogP contribution in [0.15, 0.2) is 9.81 Å². The van der Waals surface area contributed by atoms with E-state index in [0.717, 1.165) is 0 Å². The van der Waals surface area contributed by atoms with E-state index in [1.54, 1.807) is 0 Å². The monoisotopic (exact) mass is 228 g/mol. The standard InChI is InChI=1S/C4H2F6S2/c5-3(6,7)1(2(11)12)4(8,9)10/h11-12H. The number of allylic oxidation sites excluding steroid dienone is 1. The highest BCUT2D eigenvalue weighted by Gasteiger charge is 2.52. The zero-order chi connectivity index (χ0) is 10.2. The van der Waals surface area contributed by atoms with E-state index >= 15 is 0 Å². The molecular weight excluding hydrogens is 226 g/mol. The van der Waals surface area contributed by atoms with Crippen molar-refractivity contribution in [2.45, 2.75) is 12.4 Å². The van der Waals surface area contributed by atoms with Crippen LogP contribution in [0.5, 0.6) is 0 Å². The van der Waals surface area contributed by atoms with Crippen molar-refractivity contribution >= 4 is 25.3 Å². The fourth-order valence-electron chi connectivity index (χ4n) is 0.414. The van der Waals surface area contributed by atoms with Gasteiger partial charge in [0.2, 0.25) is 0 Å². The first-order chi connectivity index (χ1) is 5.07. The maximum absolute atomic E-state index is 11.6. The third-order valence-corrected chi connectivity index (χ3v) is 1.24. The van der Waals surface area contributed by atoms with Crippen LogP contribution in [0.25, 0.3) is 0 Å². The first-order valence-electron chi connectivity index (χ1n) is 2.33. The molecule has 0 fully saturated rings. The van der Waals surface area contributed by atoms with Crippen LogP contribution in [0, 0.1) is 0 Å². The number of thiol groups is 2. The Kier molecular flexibility index (Phi) is 3.41. The Morgan fingerprint density at radius 2 is 1.00 bits per heavy atom. The van der Waals surface area contributed by atoms with Gasteiger partial charge in [-0.15, -0.1) is 25.3 Å². The molecule has 0 spiro atoms. The van der Waals surface area contributed by atoms with E-state index in [1.807, 2.05) is 0 Å². The fourth-order valence-corrected chi connectivity index (χ4v) is 0.921. The third kappa shape index (κ3) is 3.18. The zero-order valence-corrected chi connectivity index (χ0v) is 6.95. The molecule has 0 aromatic rings. The summed E-state index contributed by atoms with van der Waals surface area (Å²) < 4.78 is 68.2. The summed E-state index contributed by atoms with van der Waals surface area (Å²) in [6.07, 6.45) is -11.0. The van der Waals surface area contributed by atoms with Crippen molar-refractivity contribution in [1.82, 2.24) is 0 Å². The van der Waals surface area contributed by atoms with Crippen molar-refractivity contribution in [1.29, 1.82) is 0 Å². The first-order valence-corrected chi connectivity index (χ1v) is 3.23. The second-order valence-electron chi connectivity index (χ2n) is 1.69. The third-order valence-electron chi connectivity index (χ3n) is 0.791. The van der Waals surface area contributed by atoms with Gasteiger partial charge in [0.05, 0.1) is 4.24 Å². The summed E-state index contributed by atoms with van der Waals surface area (Å²) in [6, 6.07) is 0. The highest BCUT2D eigenvalue weighted by atomic mass is 32.2. The van der Waals surface area contributed by atoms with Gasteiger partial charge < -0.3 is 0 Å². The topological polar surface area (TPSA) is 0 Å². The normalized spacial score (nSPS) is 13.0. The Balaban J connectivity index is 5.13. The van der Waals surface area contributed by atoms with Crippen LogP contribution >= 0.6 is 25.3 Å². The number of hydrogen-bond donors (Lipinski definition) is 2. The molecule has 72 valence electrons. The fraction of sp³-hybridized carbons (Fsp3) is 0.500. The summed E-state index contributed by atoms with van der Waals surface area (Å²) in [7, 11) is 0. The summed E-state index contributed by atoms with van der Waals surface area (Å²) >= 11 is 5.77.